The molecule has 1 unspecified atom stereocenters. The van der Waals surface area contributed by atoms with Crippen LogP contribution in [0.3, 0.4) is 0 Å². The number of hydrogen-bond acceptors (Lipinski definition) is 3. The second-order valence-electron chi connectivity index (χ2n) is 10.1. The first-order valence-corrected chi connectivity index (χ1v) is 13.6. The minimum Gasteiger partial charge on any atom is -0.321 e. The van der Waals surface area contributed by atoms with Crippen LogP contribution in [0.5, 0.6) is 0 Å². The van der Waals surface area contributed by atoms with Crippen molar-refractivity contribution in [3.63, 3.8) is 0 Å². The largest absolute Gasteiger partial charge is 0.321 e. The third-order valence-corrected chi connectivity index (χ3v) is 8.44. The van der Waals surface area contributed by atoms with Gasteiger partial charge in [-0.2, -0.15) is 0 Å². The molecular formula is C31H53N3. The average Bonchev–Trinajstić information content (AvgIpc) is 2.91. The minimum atomic E-state index is -0.224. The fourth-order valence-corrected chi connectivity index (χ4v) is 4.50. The van der Waals surface area contributed by atoms with Crippen molar-refractivity contribution in [3.05, 3.63) is 70.8 Å². The average molecular weight is 468 g/mol. The second kappa shape index (κ2) is 13.4. The predicted octanol–water partition coefficient (Wildman–Crippen LogP) is 7.81. The SMILES string of the molecule is CCC(C)c1cccc(C(N)(CC)CC)c1.CCC(N)(CC)c1cccc(C(N)(CC)CC)c1. The summed E-state index contributed by atoms with van der Waals surface area (Å²) in [5.41, 5.74) is 23.9. The lowest BCUT2D eigenvalue weighted by Crippen LogP contribution is -2.38. The fourth-order valence-electron chi connectivity index (χ4n) is 4.50. The van der Waals surface area contributed by atoms with Gasteiger partial charge < -0.3 is 17.2 Å². The highest BCUT2D eigenvalue weighted by molar-refractivity contribution is 5.34. The van der Waals surface area contributed by atoms with E-state index in [1.807, 2.05) is 0 Å². The van der Waals surface area contributed by atoms with Gasteiger partial charge in [0.1, 0.15) is 0 Å². The second-order valence-corrected chi connectivity index (χ2v) is 10.1. The molecule has 0 saturated heterocycles. The lowest BCUT2D eigenvalue weighted by molar-refractivity contribution is 0.398. The standard InChI is InChI=1S/C16H28N2.C15H25N/c1-5-15(17,6-2)13-10-9-11-14(12-13)16(18,7-3)8-4;1-5-12(4)13-9-8-10-14(11-13)15(16,6-2)7-3/h9-12H,5-8,17-18H2,1-4H3;8-12H,5-7,16H2,1-4H3. The molecule has 3 heteroatoms. The van der Waals surface area contributed by atoms with Gasteiger partial charge in [-0.05, 0) is 73.1 Å². The van der Waals surface area contributed by atoms with Crippen LogP contribution < -0.4 is 17.2 Å². The molecule has 0 aliphatic heterocycles. The number of benzene rings is 2. The molecule has 2 rings (SSSR count). The quantitative estimate of drug-likeness (QED) is 0.315. The predicted molar refractivity (Wildman–Crippen MR) is 151 cm³/mol. The van der Waals surface area contributed by atoms with Crippen molar-refractivity contribution < 1.29 is 0 Å². The Morgan fingerprint density at radius 2 is 0.882 bits per heavy atom. The van der Waals surface area contributed by atoms with Crippen molar-refractivity contribution in [2.24, 2.45) is 17.2 Å². The number of nitrogens with two attached hydrogens (primary N) is 3. The van der Waals surface area contributed by atoms with E-state index in [-0.39, 0.29) is 16.6 Å². The van der Waals surface area contributed by atoms with Gasteiger partial charge in [0.25, 0.3) is 0 Å². The molecule has 3 nitrogen and oxygen atoms in total. The summed E-state index contributed by atoms with van der Waals surface area (Å²) < 4.78 is 0. The maximum Gasteiger partial charge on any atom is 0.0404 e. The molecule has 1 atom stereocenters. The van der Waals surface area contributed by atoms with Crippen LogP contribution in [-0.2, 0) is 16.6 Å². The third kappa shape index (κ3) is 7.16. The first-order chi connectivity index (χ1) is 16.0. The first kappa shape index (κ1) is 30.4. The van der Waals surface area contributed by atoms with Gasteiger partial charge in [-0.25, -0.2) is 0 Å². The zero-order chi connectivity index (χ0) is 26.0. The van der Waals surface area contributed by atoms with Crippen LogP contribution in [0.15, 0.2) is 48.5 Å². The van der Waals surface area contributed by atoms with Gasteiger partial charge in [0.2, 0.25) is 0 Å². The van der Waals surface area contributed by atoms with Crippen molar-refractivity contribution in [1.82, 2.24) is 0 Å². The molecule has 6 N–H and O–H groups in total. The zero-order valence-corrected chi connectivity index (χ0v) is 23.4. The van der Waals surface area contributed by atoms with E-state index in [1.165, 1.54) is 28.7 Å². The minimum absolute atomic E-state index is 0.149. The summed E-state index contributed by atoms with van der Waals surface area (Å²) in [6, 6.07) is 17.4. The van der Waals surface area contributed by atoms with Gasteiger partial charge in [0.05, 0.1) is 0 Å². The van der Waals surface area contributed by atoms with E-state index in [2.05, 4.69) is 104 Å². The van der Waals surface area contributed by atoms with Crippen LogP contribution in [0.1, 0.15) is 129 Å². The fraction of sp³-hybridized carbons (Fsp3) is 0.613. The summed E-state index contributed by atoms with van der Waals surface area (Å²) in [4.78, 5) is 0. The molecule has 0 radical (unpaired) electrons. The van der Waals surface area contributed by atoms with Gasteiger partial charge >= 0.3 is 0 Å². The molecular weight excluding hydrogens is 414 g/mol. The van der Waals surface area contributed by atoms with Crippen molar-refractivity contribution >= 4 is 0 Å². The molecule has 0 fully saturated rings. The summed E-state index contributed by atoms with van der Waals surface area (Å²) in [6.07, 6.45) is 6.96. The monoisotopic (exact) mass is 467 g/mol. The highest BCUT2D eigenvalue weighted by atomic mass is 14.8. The molecule has 0 aliphatic carbocycles. The van der Waals surface area contributed by atoms with E-state index in [9.17, 15) is 0 Å². The smallest absolute Gasteiger partial charge is 0.0404 e. The maximum absolute atomic E-state index is 6.47. The van der Waals surface area contributed by atoms with Crippen LogP contribution in [-0.4, -0.2) is 0 Å². The van der Waals surface area contributed by atoms with E-state index < -0.39 is 0 Å². The molecule has 0 saturated carbocycles. The Kier molecular flexibility index (Phi) is 12.0. The molecule has 0 aliphatic rings. The van der Waals surface area contributed by atoms with Crippen molar-refractivity contribution in [3.8, 4) is 0 Å². The molecule has 0 spiro atoms. The van der Waals surface area contributed by atoms with Crippen LogP contribution in [0.25, 0.3) is 0 Å². The highest BCUT2D eigenvalue weighted by Gasteiger charge is 2.27. The molecule has 0 heterocycles. The van der Waals surface area contributed by atoms with E-state index in [0.717, 1.165) is 38.5 Å². The normalized spacial score (nSPS) is 13.3. The Bertz CT molecular complexity index is 812. The van der Waals surface area contributed by atoms with E-state index in [4.69, 9.17) is 17.2 Å². The molecule has 0 bridgehead atoms. The van der Waals surface area contributed by atoms with E-state index in [1.54, 1.807) is 0 Å². The van der Waals surface area contributed by atoms with Gasteiger partial charge in [-0.15, -0.1) is 0 Å². The molecule has 0 amide bonds. The Morgan fingerprint density at radius 1 is 0.559 bits per heavy atom. The van der Waals surface area contributed by atoms with Gasteiger partial charge in [0.15, 0.2) is 0 Å². The highest BCUT2D eigenvalue weighted by Crippen LogP contribution is 2.32. The Balaban J connectivity index is 0.000000342. The molecule has 0 aromatic heterocycles. The van der Waals surface area contributed by atoms with Crippen molar-refractivity contribution in [2.75, 3.05) is 0 Å². The van der Waals surface area contributed by atoms with Crippen LogP contribution in [0.2, 0.25) is 0 Å². The van der Waals surface area contributed by atoms with Gasteiger partial charge in [-0.3, -0.25) is 0 Å². The van der Waals surface area contributed by atoms with E-state index in [0.29, 0.717) is 5.92 Å². The van der Waals surface area contributed by atoms with E-state index >= 15 is 0 Å². The summed E-state index contributed by atoms with van der Waals surface area (Å²) >= 11 is 0. The van der Waals surface area contributed by atoms with Crippen LogP contribution in [0, 0.1) is 0 Å². The van der Waals surface area contributed by atoms with Gasteiger partial charge in [-0.1, -0.05) is 104 Å². The molecule has 34 heavy (non-hydrogen) atoms. The lowest BCUT2D eigenvalue weighted by atomic mass is 9.80. The first-order valence-electron chi connectivity index (χ1n) is 13.6. The maximum atomic E-state index is 6.47. The number of hydrogen-bond donors (Lipinski definition) is 3. The molecule has 2 aromatic carbocycles. The zero-order valence-electron chi connectivity index (χ0n) is 23.4. The summed E-state index contributed by atoms with van der Waals surface area (Å²) in [6.45, 7) is 17.4. The Hall–Kier alpha value is -1.68. The van der Waals surface area contributed by atoms with Crippen LogP contribution in [0.4, 0.5) is 0 Å². The third-order valence-electron chi connectivity index (χ3n) is 8.44. The summed E-state index contributed by atoms with van der Waals surface area (Å²) in [5.74, 6) is 0.623. The lowest BCUT2D eigenvalue weighted by Gasteiger charge is -2.32. The molecule has 2 aromatic rings. The topological polar surface area (TPSA) is 78.1 Å². The Labute approximate surface area is 210 Å². The Morgan fingerprint density at radius 3 is 1.21 bits per heavy atom. The summed E-state index contributed by atoms with van der Waals surface area (Å²) in [5, 5.41) is 0. The molecule has 192 valence electrons. The van der Waals surface area contributed by atoms with Crippen molar-refractivity contribution in [2.45, 2.75) is 123 Å². The van der Waals surface area contributed by atoms with Crippen molar-refractivity contribution in [1.29, 1.82) is 0 Å². The van der Waals surface area contributed by atoms with Crippen LogP contribution >= 0.6 is 0 Å². The van der Waals surface area contributed by atoms with Gasteiger partial charge in [0, 0.05) is 16.6 Å². The number of rotatable bonds is 11. The summed E-state index contributed by atoms with van der Waals surface area (Å²) in [7, 11) is 0.